The van der Waals surface area contributed by atoms with Gasteiger partial charge in [-0.2, -0.15) is 0 Å². The number of rotatable bonds is 3. The molecule has 3 aliphatic heterocycles. The van der Waals surface area contributed by atoms with Gasteiger partial charge in [0.2, 0.25) is 12.7 Å². The molecule has 1 atom stereocenters. The molecule has 1 amide bonds. The van der Waals surface area contributed by atoms with Gasteiger partial charge in [-0.1, -0.05) is 36.4 Å². The molecule has 0 bridgehead atoms. The molecule has 0 saturated carbocycles. The van der Waals surface area contributed by atoms with E-state index in [9.17, 15) is 4.79 Å². The Morgan fingerprint density at radius 1 is 1.04 bits per heavy atom. The van der Waals surface area contributed by atoms with Crippen LogP contribution in [0.1, 0.15) is 36.3 Å². The quantitative estimate of drug-likeness (QED) is 0.821. The van der Waals surface area contributed by atoms with Crippen LogP contribution in [0.5, 0.6) is 11.5 Å². The van der Waals surface area contributed by atoms with Crippen molar-refractivity contribution in [3.05, 3.63) is 59.7 Å². The van der Waals surface area contributed by atoms with Crippen LogP contribution in [0.15, 0.2) is 48.5 Å². The number of likely N-dealkylation sites (tertiary alicyclic amines) is 2. The van der Waals surface area contributed by atoms with Crippen LogP contribution >= 0.6 is 0 Å². The Kier molecular flexibility index (Phi) is 4.27. The average molecular weight is 378 g/mol. The third-order valence-corrected chi connectivity index (χ3v) is 6.76. The lowest BCUT2D eigenvalue weighted by Crippen LogP contribution is -2.51. The van der Waals surface area contributed by atoms with Crippen molar-refractivity contribution < 1.29 is 14.3 Å². The van der Waals surface area contributed by atoms with E-state index in [1.54, 1.807) is 0 Å². The molecular weight excluding hydrogens is 352 g/mol. The molecule has 2 fully saturated rings. The van der Waals surface area contributed by atoms with Gasteiger partial charge in [-0.05, 0) is 42.5 Å². The highest BCUT2D eigenvalue weighted by Gasteiger charge is 2.50. The molecule has 3 heterocycles. The average Bonchev–Trinajstić information content (AvgIpc) is 3.29. The standard InChI is InChI=1S/C23H26N2O3/c1-24-22(26)19(18-5-3-2-4-6-18)14-23(24)9-11-25(12-10-23)15-17-7-8-20-21(13-17)28-16-27-20/h2-8,13,19H,9-12,14-16H2,1H3. The van der Waals surface area contributed by atoms with E-state index in [2.05, 4.69) is 29.2 Å². The fraction of sp³-hybridized carbons (Fsp3) is 0.435. The van der Waals surface area contributed by atoms with E-state index in [0.717, 1.165) is 56.0 Å². The largest absolute Gasteiger partial charge is 0.454 e. The smallest absolute Gasteiger partial charge is 0.231 e. The number of likely N-dealkylation sites (N-methyl/N-ethyl adjacent to an activating group) is 1. The van der Waals surface area contributed by atoms with Gasteiger partial charge in [-0.25, -0.2) is 0 Å². The highest BCUT2D eigenvalue weighted by Crippen LogP contribution is 2.45. The minimum absolute atomic E-state index is 0.00295. The SMILES string of the molecule is CN1C(=O)C(c2ccccc2)CC12CCN(Cc1ccc3c(c1)OCO3)CC2. The van der Waals surface area contributed by atoms with Crippen LogP contribution in [0.2, 0.25) is 0 Å². The molecule has 0 aromatic heterocycles. The van der Waals surface area contributed by atoms with Gasteiger partial charge in [0.1, 0.15) is 0 Å². The summed E-state index contributed by atoms with van der Waals surface area (Å²) in [5.41, 5.74) is 2.40. The third-order valence-electron chi connectivity index (χ3n) is 6.76. The van der Waals surface area contributed by atoms with E-state index in [-0.39, 0.29) is 17.4 Å². The molecule has 28 heavy (non-hydrogen) atoms. The van der Waals surface area contributed by atoms with Gasteiger partial charge in [0, 0.05) is 32.2 Å². The van der Waals surface area contributed by atoms with Crippen molar-refractivity contribution in [3.8, 4) is 11.5 Å². The molecule has 0 radical (unpaired) electrons. The minimum Gasteiger partial charge on any atom is -0.454 e. The van der Waals surface area contributed by atoms with E-state index >= 15 is 0 Å². The van der Waals surface area contributed by atoms with E-state index in [4.69, 9.17) is 9.47 Å². The molecule has 3 aliphatic rings. The lowest BCUT2D eigenvalue weighted by atomic mass is 9.81. The third kappa shape index (κ3) is 2.94. The zero-order chi connectivity index (χ0) is 19.1. The fourth-order valence-corrected chi connectivity index (χ4v) is 4.98. The van der Waals surface area contributed by atoms with Gasteiger partial charge in [0.15, 0.2) is 11.5 Å². The first-order valence-corrected chi connectivity index (χ1v) is 10.1. The fourth-order valence-electron chi connectivity index (χ4n) is 4.98. The Hall–Kier alpha value is -2.53. The molecule has 2 aromatic carbocycles. The number of ether oxygens (including phenoxy) is 2. The molecule has 5 nitrogen and oxygen atoms in total. The maximum absolute atomic E-state index is 12.9. The molecule has 146 valence electrons. The van der Waals surface area contributed by atoms with E-state index in [1.807, 2.05) is 36.2 Å². The van der Waals surface area contributed by atoms with Crippen molar-refractivity contribution in [2.45, 2.75) is 37.3 Å². The summed E-state index contributed by atoms with van der Waals surface area (Å²) >= 11 is 0. The van der Waals surface area contributed by atoms with Crippen LogP contribution < -0.4 is 9.47 Å². The van der Waals surface area contributed by atoms with Crippen LogP contribution in [0.25, 0.3) is 0 Å². The number of benzene rings is 2. The number of amides is 1. The molecule has 5 heteroatoms. The molecule has 1 spiro atoms. The second kappa shape index (κ2) is 6.82. The zero-order valence-electron chi connectivity index (χ0n) is 16.3. The summed E-state index contributed by atoms with van der Waals surface area (Å²) in [6.45, 7) is 3.24. The predicted octanol–water partition coefficient (Wildman–Crippen LogP) is 3.40. The van der Waals surface area contributed by atoms with Crippen LogP contribution in [0.3, 0.4) is 0 Å². The Bertz CT molecular complexity index is 875. The van der Waals surface area contributed by atoms with Crippen molar-refractivity contribution >= 4 is 5.91 Å². The van der Waals surface area contributed by atoms with Gasteiger partial charge in [-0.3, -0.25) is 9.69 Å². The van der Waals surface area contributed by atoms with Crippen molar-refractivity contribution in [2.24, 2.45) is 0 Å². The maximum atomic E-state index is 12.9. The predicted molar refractivity (Wildman–Crippen MR) is 106 cm³/mol. The number of hydrogen-bond acceptors (Lipinski definition) is 4. The van der Waals surface area contributed by atoms with Crippen molar-refractivity contribution in [3.63, 3.8) is 0 Å². The maximum Gasteiger partial charge on any atom is 0.231 e. The van der Waals surface area contributed by atoms with Crippen molar-refractivity contribution in [1.29, 1.82) is 0 Å². The second-order valence-corrected chi connectivity index (χ2v) is 8.25. The second-order valence-electron chi connectivity index (χ2n) is 8.25. The number of carbonyl (C=O) groups excluding carboxylic acids is 1. The molecular formula is C23H26N2O3. The Balaban J connectivity index is 1.25. The van der Waals surface area contributed by atoms with Crippen LogP contribution in [0.4, 0.5) is 0 Å². The summed E-state index contributed by atoms with van der Waals surface area (Å²) < 4.78 is 10.9. The summed E-state index contributed by atoms with van der Waals surface area (Å²) in [4.78, 5) is 17.5. The van der Waals surface area contributed by atoms with Gasteiger partial charge >= 0.3 is 0 Å². The highest BCUT2D eigenvalue weighted by atomic mass is 16.7. The topological polar surface area (TPSA) is 42.0 Å². The van der Waals surface area contributed by atoms with Crippen molar-refractivity contribution in [2.75, 3.05) is 26.9 Å². The van der Waals surface area contributed by atoms with Crippen LogP contribution in [0, 0.1) is 0 Å². The Morgan fingerprint density at radius 3 is 2.57 bits per heavy atom. The number of nitrogens with zero attached hydrogens (tertiary/aromatic N) is 2. The Labute approximate surface area is 165 Å². The van der Waals surface area contributed by atoms with Gasteiger partial charge < -0.3 is 14.4 Å². The molecule has 5 rings (SSSR count). The summed E-state index contributed by atoms with van der Waals surface area (Å²) in [6, 6.07) is 16.4. The van der Waals surface area contributed by atoms with Crippen LogP contribution in [-0.4, -0.2) is 48.2 Å². The molecule has 0 N–H and O–H groups in total. The van der Waals surface area contributed by atoms with Gasteiger partial charge in [-0.15, -0.1) is 0 Å². The number of hydrogen-bond donors (Lipinski definition) is 0. The summed E-state index contributed by atoms with van der Waals surface area (Å²) in [7, 11) is 2.00. The molecule has 0 aliphatic carbocycles. The van der Waals surface area contributed by atoms with Crippen molar-refractivity contribution in [1.82, 2.24) is 9.80 Å². The molecule has 2 aromatic rings. The van der Waals surface area contributed by atoms with E-state index in [0.29, 0.717) is 6.79 Å². The van der Waals surface area contributed by atoms with Gasteiger partial charge in [0.25, 0.3) is 0 Å². The minimum atomic E-state index is 0.00295. The summed E-state index contributed by atoms with van der Waals surface area (Å²) in [5.74, 6) is 1.96. The normalized spacial score (nSPS) is 23.5. The number of carbonyl (C=O) groups is 1. The monoisotopic (exact) mass is 378 g/mol. The molecule has 1 unspecified atom stereocenters. The lowest BCUT2D eigenvalue weighted by molar-refractivity contribution is -0.131. The lowest BCUT2D eigenvalue weighted by Gasteiger charge is -2.43. The Morgan fingerprint density at radius 2 is 1.79 bits per heavy atom. The summed E-state index contributed by atoms with van der Waals surface area (Å²) in [5, 5.41) is 0. The first kappa shape index (κ1) is 17.6. The van der Waals surface area contributed by atoms with Crippen LogP contribution in [-0.2, 0) is 11.3 Å². The number of fused-ring (bicyclic) bond motifs is 1. The highest BCUT2D eigenvalue weighted by molar-refractivity contribution is 5.87. The summed E-state index contributed by atoms with van der Waals surface area (Å²) in [6.07, 6.45) is 3.00. The first-order chi connectivity index (χ1) is 13.6. The first-order valence-electron chi connectivity index (χ1n) is 10.1. The zero-order valence-corrected chi connectivity index (χ0v) is 16.3. The van der Waals surface area contributed by atoms with Gasteiger partial charge in [0.05, 0.1) is 5.92 Å². The number of piperidine rings is 1. The van der Waals surface area contributed by atoms with E-state index in [1.165, 1.54) is 5.56 Å². The molecule has 2 saturated heterocycles. The van der Waals surface area contributed by atoms with E-state index < -0.39 is 0 Å².